The highest BCUT2D eigenvalue weighted by Gasteiger charge is 2.36. The Morgan fingerprint density at radius 1 is 1.24 bits per heavy atom. The van der Waals surface area contributed by atoms with Crippen LogP contribution in [0.2, 0.25) is 0 Å². The van der Waals surface area contributed by atoms with Gasteiger partial charge in [-0.2, -0.15) is 0 Å². The summed E-state index contributed by atoms with van der Waals surface area (Å²) in [6.07, 6.45) is 9.49. The molecule has 2 fully saturated rings. The molecule has 3 atom stereocenters. The van der Waals surface area contributed by atoms with Gasteiger partial charge in [0.2, 0.25) is 0 Å². The normalized spacial score (nSPS) is 31.9. The lowest BCUT2D eigenvalue weighted by atomic mass is 9.77. The van der Waals surface area contributed by atoms with Gasteiger partial charge in [-0.1, -0.05) is 25.8 Å². The largest absolute Gasteiger partial charge is 0.462 e. The van der Waals surface area contributed by atoms with Crippen molar-refractivity contribution in [3.05, 3.63) is 12.2 Å². The number of esters is 1. The molecule has 0 spiro atoms. The summed E-state index contributed by atoms with van der Waals surface area (Å²) in [6, 6.07) is 0. The SMILES string of the molecule is C=C(C)C(=O)OCCC1CCC2CCCCC21. The predicted molar refractivity (Wildman–Crippen MR) is 68.6 cm³/mol. The summed E-state index contributed by atoms with van der Waals surface area (Å²) in [4.78, 5) is 11.3. The van der Waals surface area contributed by atoms with Gasteiger partial charge in [-0.3, -0.25) is 0 Å². The van der Waals surface area contributed by atoms with Crippen molar-refractivity contribution in [3.63, 3.8) is 0 Å². The monoisotopic (exact) mass is 236 g/mol. The van der Waals surface area contributed by atoms with Crippen molar-refractivity contribution in [1.29, 1.82) is 0 Å². The molecule has 0 bridgehead atoms. The molecular weight excluding hydrogens is 212 g/mol. The van der Waals surface area contributed by atoms with Crippen molar-refractivity contribution in [1.82, 2.24) is 0 Å². The third kappa shape index (κ3) is 3.11. The zero-order valence-electron chi connectivity index (χ0n) is 10.9. The third-order valence-corrected chi connectivity index (χ3v) is 4.55. The molecule has 2 aliphatic rings. The quantitative estimate of drug-likeness (QED) is 0.549. The Bertz CT molecular complexity index is 295. The summed E-state index contributed by atoms with van der Waals surface area (Å²) in [6.45, 7) is 5.88. The summed E-state index contributed by atoms with van der Waals surface area (Å²) >= 11 is 0. The van der Waals surface area contributed by atoms with Gasteiger partial charge in [-0.25, -0.2) is 4.79 Å². The first-order chi connectivity index (χ1) is 8.18. The number of ether oxygens (including phenoxy) is 1. The first-order valence-corrected chi connectivity index (χ1v) is 7.01. The summed E-state index contributed by atoms with van der Waals surface area (Å²) in [7, 11) is 0. The van der Waals surface area contributed by atoms with Gasteiger partial charge in [-0.15, -0.1) is 0 Å². The number of fused-ring (bicyclic) bond motifs is 1. The minimum Gasteiger partial charge on any atom is -0.462 e. The van der Waals surface area contributed by atoms with E-state index in [2.05, 4.69) is 6.58 Å². The molecule has 0 aromatic carbocycles. The van der Waals surface area contributed by atoms with Gasteiger partial charge in [0.1, 0.15) is 0 Å². The Labute approximate surface area is 104 Å². The molecule has 17 heavy (non-hydrogen) atoms. The predicted octanol–water partition coefficient (Wildman–Crippen LogP) is 3.71. The average Bonchev–Trinajstić information content (AvgIpc) is 2.72. The first-order valence-electron chi connectivity index (χ1n) is 7.01. The molecule has 2 aliphatic carbocycles. The van der Waals surface area contributed by atoms with Crippen molar-refractivity contribution in [3.8, 4) is 0 Å². The van der Waals surface area contributed by atoms with Crippen LogP contribution in [0.4, 0.5) is 0 Å². The molecule has 3 unspecified atom stereocenters. The molecule has 0 aromatic rings. The Morgan fingerprint density at radius 3 is 2.76 bits per heavy atom. The van der Waals surface area contributed by atoms with Crippen molar-refractivity contribution in [2.45, 2.75) is 51.9 Å². The van der Waals surface area contributed by atoms with Gasteiger partial charge in [0.05, 0.1) is 6.61 Å². The zero-order valence-corrected chi connectivity index (χ0v) is 10.9. The Balaban J connectivity index is 1.72. The van der Waals surface area contributed by atoms with E-state index in [0.29, 0.717) is 12.2 Å². The highest BCUT2D eigenvalue weighted by Crippen LogP contribution is 2.46. The second-order valence-electron chi connectivity index (χ2n) is 5.75. The van der Waals surface area contributed by atoms with Crippen LogP contribution < -0.4 is 0 Å². The van der Waals surface area contributed by atoms with Crippen LogP contribution in [0.15, 0.2) is 12.2 Å². The van der Waals surface area contributed by atoms with Crippen LogP contribution in [0.1, 0.15) is 51.9 Å². The summed E-state index contributed by atoms with van der Waals surface area (Å²) in [5.74, 6) is 2.47. The van der Waals surface area contributed by atoms with E-state index in [0.717, 1.165) is 24.2 Å². The van der Waals surface area contributed by atoms with Crippen LogP contribution in [0, 0.1) is 17.8 Å². The lowest BCUT2D eigenvalue weighted by Crippen LogP contribution is -2.20. The molecule has 96 valence electrons. The fraction of sp³-hybridized carbons (Fsp3) is 0.800. The lowest BCUT2D eigenvalue weighted by Gasteiger charge is -2.29. The van der Waals surface area contributed by atoms with E-state index in [-0.39, 0.29) is 5.97 Å². The molecule has 2 heteroatoms. The third-order valence-electron chi connectivity index (χ3n) is 4.55. The average molecular weight is 236 g/mol. The number of carbonyl (C=O) groups excluding carboxylic acids is 1. The van der Waals surface area contributed by atoms with Crippen LogP contribution in [0.3, 0.4) is 0 Å². The van der Waals surface area contributed by atoms with Gasteiger partial charge in [-0.05, 0) is 50.4 Å². The fourth-order valence-electron chi connectivity index (χ4n) is 3.64. The molecule has 0 N–H and O–H groups in total. The molecule has 0 aromatic heterocycles. The smallest absolute Gasteiger partial charge is 0.333 e. The van der Waals surface area contributed by atoms with E-state index in [9.17, 15) is 4.79 Å². The number of carbonyl (C=O) groups is 1. The molecule has 2 rings (SSSR count). The van der Waals surface area contributed by atoms with Crippen molar-refractivity contribution >= 4 is 5.97 Å². The van der Waals surface area contributed by atoms with Crippen molar-refractivity contribution in [2.75, 3.05) is 6.61 Å². The Hall–Kier alpha value is -0.790. The van der Waals surface area contributed by atoms with Crippen LogP contribution in [0.5, 0.6) is 0 Å². The molecule has 0 amide bonds. The van der Waals surface area contributed by atoms with E-state index >= 15 is 0 Å². The van der Waals surface area contributed by atoms with E-state index < -0.39 is 0 Å². The van der Waals surface area contributed by atoms with Crippen LogP contribution >= 0.6 is 0 Å². The van der Waals surface area contributed by atoms with Crippen molar-refractivity contribution in [2.24, 2.45) is 17.8 Å². The van der Waals surface area contributed by atoms with Crippen LogP contribution in [-0.4, -0.2) is 12.6 Å². The Morgan fingerprint density at radius 2 is 2.00 bits per heavy atom. The maximum absolute atomic E-state index is 11.3. The zero-order chi connectivity index (χ0) is 12.3. The van der Waals surface area contributed by atoms with E-state index in [1.807, 2.05) is 0 Å². The minimum absolute atomic E-state index is 0.233. The van der Waals surface area contributed by atoms with E-state index in [4.69, 9.17) is 4.74 Å². The highest BCUT2D eigenvalue weighted by molar-refractivity contribution is 5.86. The molecule has 0 heterocycles. The molecule has 0 aliphatic heterocycles. The molecule has 2 saturated carbocycles. The highest BCUT2D eigenvalue weighted by atomic mass is 16.5. The van der Waals surface area contributed by atoms with Gasteiger partial charge in [0.25, 0.3) is 0 Å². The molecule has 0 radical (unpaired) electrons. The summed E-state index contributed by atoms with van der Waals surface area (Å²) in [5.41, 5.74) is 0.506. The van der Waals surface area contributed by atoms with Crippen LogP contribution in [0.25, 0.3) is 0 Å². The topological polar surface area (TPSA) is 26.3 Å². The first kappa shape index (κ1) is 12.7. The number of hydrogen-bond donors (Lipinski definition) is 0. The van der Waals surface area contributed by atoms with E-state index in [1.54, 1.807) is 6.92 Å². The summed E-state index contributed by atoms with van der Waals surface area (Å²) in [5, 5.41) is 0. The summed E-state index contributed by atoms with van der Waals surface area (Å²) < 4.78 is 5.21. The minimum atomic E-state index is -0.233. The fourth-order valence-corrected chi connectivity index (χ4v) is 3.64. The lowest BCUT2D eigenvalue weighted by molar-refractivity contribution is -0.139. The van der Waals surface area contributed by atoms with Gasteiger partial charge in [0, 0.05) is 5.57 Å². The molecule has 2 nitrogen and oxygen atoms in total. The van der Waals surface area contributed by atoms with Gasteiger partial charge < -0.3 is 4.74 Å². The maximum Gasteiger partial charge on any atom is 0.333 e. The maximum atomic E-state index is 11.3. The Kier molecular flexibility index (Phi) is 4.25. The van der Waals surface area contributed by atoms with Gasteiger partial charge in [0.15, 0.2) is 0 Å². The molecule has 0 saturated heterocycles. The van der Waals surface area contributed by atoms with Gasteiger partial charge >= 0.3 is 5.97 Å². The van der Waals surface area contributed by atoms with Crippen molar-refractivity contribution < 1.29 is 9.53 Å². The van der Waals surface area contributed by atoms with E-state index in [1.165, 1.54) is 38.5 Å². The number of hydrogen-bond acceptors (Lipinski definition) is 2. The molecular formula is C15H24O2. The van der Waals surface area contributed by atoms with Crippen LogP contribution in [-0.2, 0) is 9.53 Å². The number of rotatable bonds is 4. The standard InChI is InChI=1S/C15H24O2/c1-11(2)15(16)17-10-9-13-8-7-12-5-3-4-6-14(12)13/h12-14H,1,3-10H2,2H3. The second-order valence-corrected chi connectivity index (χ2v) is 5.75. The second kappa shape index (κ2) is 5.70.